The molecule has 0 heterocycles. The summed E-state index contributed by atoms with van der Waals surface area (Å²) in [4.78, 5) is 10.5. The quantitative estimate of drug-likeness (QED) is 0.394. The maximum Gasteiger partial charge on any atom is 0.145 e. The van der Waals surface area contributed by atoms with Crippen LogP contribution in [0.15, 0.2) is 35.9 Å². The lowest BCUT2D eigenvalue weighted by atomic mass is 10.1. The van der Waals surface area contributed by atoms with Crippen molar-refractivity contribution in [2.75, 3.05) is 6.61 Å². The van der Waals surface area contributed by atoms with Crippen LogP contribution in [0.5, 0.6) is 5.75 Å². The summed E-state index contributed by atoms with van der Waals surface area (Å²) in [5, 5.41) is 0. The third kappa shape index (κ3) is 5.67. The van der Waals surface area contributed by atoms with Crippen molar-refractivity contribution in [3.05, 3.63) is 41.5 Å². The highest BCUT2D eigenvalue weighted by Gasteiger charge is 1.96. The van der Waals surface area contributed by atoms with Gasteiger partial charge in [0.2, 0.25) is 0 Å². The number of aldehydes is 1. The molecule has 18 heavy (non-hydrogen) atoms. The first kappa shape index (κ1) is 14.5. The molecule has 0 unspecified atom stereocenters. The van der Waals surface area contributed by atoms with Crippen LogP contribution in [0.3, 0.4) is 0 Å². The predicted octanol–water partition coefficient (Wildman–Crippen LogP) is 3.94. The summed E-state index contributed by atoms with van der Waals surface area (Å²) in [7, 11) is 0. The summed E-state index contributed by atoms with van der Waals surface area (Å²) < 4.78 is 5.69. The number of benzene rings is 1. The molecule has 0 bridgehead atoms. The van der Waals surface area contributed by atoms with E-state index in [1.54, 1.807) is 0 Å². The van der Waals surface area contributed by atoms with Gasteiger partial charge in [0.25, 0.3) is 0 Å². The van der Waals surface area contributed by atoms with Gasteiger partial charge in [0.15, 0.2) is 0 Å². The van der Waals surface area contributed by atoms with E-state index in [1.807, 2.05) is 37.3 Å². The Labute approximate surface area is 110 Å². The van der Waals surface area contributed by atoms with E-state index in [4.69, 9.17) is 4.74 Å². The number of allylic oxidation sites excluding steroid dienone is 2. The van der Waals surface area contributed by atoms with Crippen molar-refractivity contribution < 1.29 is 9.53 Å². The van der Waals surface area contributed by atoms with Crippen LogP contribution in [0.1, 0.15) is 38.7 Å². The van der Waals surface area contributed by atoms with Crippen LogP contribution in [0.4, 0.5) is 0 Å². The van der Waals surface area contributed by atoms with E-state index in [0.29, 0.717) is 0 Å². The number of hydrogen-bond donors (Lipinski definition) is 0. The molecule has 2 nitrogen and oxygen atoms in total. The second-order valence-corrected chi connectivity index (χ2v) is 4.47. The molecule has 1 aromatic rings. The zero-order chi connectivity index (χ0) is 13.2. The highest BCUT2D eigenvalue weighted by molar-refractivity contribution is 5.72. The molecule has 0 atom stereocenters. The summed E-state index contributed by atoms with van der Waals surface area (Å²) >= 11 is 0. The van der Waals surface area contributed by atoms with Crippen molar-refractivity contribution in [2.45, 2.75) is 39.5 Å². The lowest BCUT2D eigenvalue weighted by Gasteiger charge is -2.07. The minimum atomic E-state index is 0.768. The maximum atomic E-state index is 10.5. The van der Waals surface area contributed by atoms with Gasteiger partial charge in [-0.2, -0.15) is 0 Å². The van der Waals surface area contributed by atoms with E-state index in [2.05, 4.69) is 6.92 Å². The Morgan fingerprint density at radius 2 is 2.17 bits per heavy atom. The summed E-state index contributed by atoms with van der Waals surface area (Å²) in [5.41, 5.74) is 1.94. The number of rotatable bonds is 8. The average molecular weight is 246 g/mol. The number of hydrogen-bond acceptors (Lipinski definition) is 2. The Balaban J connectivity index is 2.48. The molecule has 0 aliphatic heterocycles. The molecule has 0 aromatic heterocycles. The van der Waals surface area contributed by atoms with Crippen LogP contribution in [0, 0.1) is 0 Å². The van der Waals surface area contributed by atoms with E-state index in [9.17, 15) is 4.79 Å². The fourth-order valence-electron chi connectivity index (χ4n) is 1.63. The van der Waals surface area contributed by atoms with E-state index < -0.39 is 0 Å². The first-order valence-electron chi connectivity index (χ1n) is 6.60. The lowest BCUT2D eigenvalue weighted by Crippen LogP contribution is -1.97. The normalized spacial score (nSPS) is 11.3. The van der Waals surface area contributed by atoms with Crippen molar-refractivity contribution in [1.29, 1.82) is 0 Å². The van der Waals surface area contributed by atoms with Crippen molar-refractivity contribution >= 4 is 6.29 Å². The molecule has 0 amide bonds. The van der Waals surface area contributed by atoms with Crippen LogP contribution < -0.4 is 4.74 Å². The molecule has 0 saturated heterocycles. The second kappa shape index (κ2) is 8.51. The Bertz CT molecular complexity index is 394. The fraction of sp³-hybridized carbons (Fsp3) is 0.438. The van der Waals surface area contributed by atoms with Gasteiger partial charge >= 0.3 is 0 Å². The molecule has 0 aliphatic carbocycles. The first-order valence-corrected chi connectivity index (χ1v) is 6.60. The van der Waals surface area contributed by atoms with Crippen molar-refractivity contribution in [2.24, 2.45) is 0 Å². The second-order valence-electron chi connectivity index (χ2n) is 4.47. The first-order chi connectivity index (χ1) is 8.76. The van der Waals surface area contributed by atoms with Gasteiger partial charge in [0.05, 0.1) is 6.61 Å². The molecule has 0 fully saturated rings. The Morgan fingerprint density at radius 3 is 2.89 bits per heavy atom. The van der Waals surface area contributed by atoms with E-state index in [0.717, 1.165) is 37.1 Å². The van der Waals surface area contributed by atoms with E-state index in [-0.39, 0.29) is 0 Å². The van der Waals surface area contributed by atoms with Gasteiger partial charge in [-0.3, -0.25) is 4.79 Å². The van der Waals surface area contributed by atoms with Crippen LogP contribution in [-0.2, 0) is 11.2 Å². The molecule has 0 spiro atoms. The zero-order valence-electron chi connectivity index (χ0n) is 11.3. The number of carbonyl (C=O) groups is 1. The molecule has 0 radical (unpaired) electrons. The number of carbonyl (C=O) groups excluding carboxylic acids is 1. The third-order valence-electron chi connectivity index (χ3n) is 2.76. The maximum absolute atomic E-state index is 10.5. The zero-order valence-corrected chi connectivity index (χ0v) is 11.3. The average Bonchev–Trinajstić information content (AvgIpc) is 2.41. The Morgan fingerprint density at radius 1 is 1.33 bits per heavy atom. The highest BCUT2D eigenvalue weighted by atomic mass is 16.5. The summed E-state index contributed by atoms with van der Waals surface area (Å²) in [6, 6.07) is 8.06. The highest BCUT2D eigenvalue weighted by Crippen LogP contribution is 2.15. The summed E-state index contributed by atoms with van der Waals surface area (Å²) in [6.45, 7) is 4.78. The van der Waals surface area contributed by atoms with Gasteiger partial charge in [-0.1, -0.05) is 38.0 Å². The molecule has 1 aromatic carbocycles. The summed E-state index contributed by atoms with van der Waals surface area (Å²) in [6.07, 6.45) is 7.11. The van der Waals surface area contributed by atoms with Gasteiger partial charge < -0.3 is 4.74 Å². The largest absolute Gasteiger partial charge is 0.494 e. The summed E-state index contributed by atoms with van der Waals surface area (Å²) in [5.74, 6) is 0.917. The minimum Gasteiger partial charge on any atom is -0.494 e. The molecular weight excluding hydrogens is 224 g/mol. The minimum absolute atomic E-state index is 0.768. The Hall–Kier alpha value is -1.57. The van der Waals surface area contributed by atoms with Gasteiger partial charge in [0.1, 0.15) is 12.0 Å². The Kier molecular flexibility index (Phi) is 6.85. The van der Waals surface area contributed by atoms with Crippen molar-refractivity contribution in [1.82, 2.24) is 0 Å². The fourth-order valence-corrected chi connectivity index (χ4v) is 1.63. The SMILES string of the molecule is CCCCCOc1cccc(CC=C(C)C=O)c1. The van der Waals surface area contributed by atoms with E-state index in [1.165, 1.54) is 18.4 Å². The third-order valence-corrected chi connectivity index (χ3v) is 2.76. The molecular formula is C16H22O2. The smallest absolute Gasteiger partial charge is 0.145 e. The molecule has 98 valence electrons. The van der Waals surface area contributed by atoms with Crippen molar-refractivity contribution in [3.63, 3.8) is 0 Å². The van der Waals surface area contributed by atoms with Gasteiger partial charge in [0, 0.05) is 0 Å². The van der Waals surface area contributed by atoms with Gasteiger partial charge in [-0.15, -0.1) is 0 Å². The van der Waals surface area contributed by atoms with Gasteiger partial charge in [-0.25, -0.2) is 0 Å². The van der Waals surface area contributed by atoms with Crippen LogP contribution in [0.25, 0.3) is 0 Å². The van der Waals surface area contributed by atoms with E-state index >= 15 is 0 Å². The number of unbranched alkanes of at least 4 members (excludes halogenated alkanes) is 2. The topological polar surface area (TPSA) is 26.3 Å². The van der Waals surface area contributed by atoms with Crippen LogP contribution >= 0.6 is 0 Å². The molecule has 1 rings (SSSR count). The molecule has 0 saturated carbocycles. The predicted molar refractivity (Wildman–Crippen MR) is 75.0 cm³/mol. The standard InChI is InChI=1S/C16H22O2/c1-3-4-5-11-18-16-8-6-7-15(12-16)10-9-14(2)13-17/h6-9,12-13H,3-5,10-11H2,1-2H3. The monoisotopic (exact) mass is 246 g/mol. The lowest BCUT2D eigenvalue weighted by molar-refractivity contribution is -0.104. The van der Waals surface area contributed by atoms with Crippen LogP contribution in [0.2, 0.25) is 0 Å². The van der Waals surface area contributed by atoms with Crippen LogP contribution in [-0.4, -0.2) is 12.9 Å². The molecule has 0 aliphatic rings. The van der Waals surface area contributed by atoms with Crippen molar-refractivity contribution in [3.8, 4) is 5.75 Å². The molecule has 0 N–H and O–H groups in total. The number of ether oxygens (including phenoxy) is 1. The van der Waals surface area contributed by atoms with Gasteiger partial charge in [-0.05, 0) is 43.0 Å². The molecule has 2 heteroatoms.